The Bertz CT molecular complexity index is 1460. The molecule has 0 aliphatic heterocycles. The molecular weight excluding hydrogens is 477 g/mol. The number of benzene rings is 2. The molecule has 34 heavy (non-hydrogen) atoms. The Morgan fingerprint density at radius 2 is 1.88 bits per heavy atom. The van der Waals surface area contributed by atoms with Crippen LogP contribution in [0.25, 0.3) is 10.9 Å². The minimum absolute atomic E-state index is 0.0997. The number of carbonyl (C=O) groups is 1. The number of thioether (sulfide) groups is 1. The van der Waals surface area contributed by atoms with E-state index in [1.807, 2.05) is 0 Å². The molecule has 4 rings (SSSR count). The predicted octanol–water partition coefficient (Wildman–Crippen LogP) is 4.59. The molecule has 0 amide bonds. The zero-order valence-electron chi connectivity index (χ0n) is 18.7. The van der Waals surface area contributed by atoms with E-state index in [0.29, 0.717) is 21.6 Å². The highest BCUT2D eigenvalue weighted by molar-refractivity contribution is 7.98. The van der Waals surface area contributed by atoms with Crippen molar-refractivity contribution < 1.29 is 22.3 Å². The van der Waals surface area contributed by atoms with Crippen molar-refractivity contribution in [3.63, 3.8) is 0 Å². The number of fused-ring (bicyclic) bond motifs is 1. The molecule has 0 N–H and O–H groups in total. The Kier molecular flexibility index (Phi) is 6.72. The van der Waals surface area contributed by atoms with E-state index >= 15 is 0 Å². The molecule has 4 aromatic rings. The van der Waals surface area contributed by atoms with Crippen LogP contribution in [0.5, 0.6) is 0 Å². The molecule has 0 radical (unpaired) electrons. The number of halogens is 1. The molecule has 0 aliphatic rings. The average molecular weight is 500 g/mol. The summed E-state index contributed by atoms with van der Waals surface area (Å²) in [5.74, 6) is -1.04. The van der Waals surface area contributed by atoms with Crippen molar-refractivity contribution in [2.75, 3.05) is 13.4 Å². The third-order valence-electron chi connectivity index (χ3n) is 5.56. The Morgan fingerprint density at radius 3 is 2.56 bits per heavy atom. The van der Waals surface area contributed by atoms with Gasteiger partial charge in [-0.15, -0.1) is 0 Å². The third-order valence-corrected chi connectivity index (χ3v) is 8.16. The van der Waals surface area contributed by atoms with Gasteiger partial charge in [-0.25, -0.2) is 27.6 Å². The summed E-state index contributed by atoms with van der Waals surface area (Å²) in [4.78, 5) is 21.1. The second-order valence-corrected chi connectivity index (χ2v) is 10.4. The van der Waals surface area contributed by atoms with E-state index < -0.39 is 32.9 Å². The van der Waals surface area contributed by atoms with Crippen LogP contribution >= 0.6 is 11.8 Å². The lowest BCUT2D eigenvalue weighted by molar-refractivity contribution is -0.143. The molecule has 0 bridgehead atoms. The number of sulfone groups is 1. The van der Waals surface area contributed by atoms with Crippen molar-refractivity contribution in [3.8, 4) is 0 Å². The number of ether oxygens (including phenoxy) is 1. The summed E-state index contributed by atoms with van der Waals surface area (Å²) in [6.45, 7) is 1.63. The first kappa shape index (κ1) is 23.9. The molecule has 0 spiro atoms. The monoisotopic (exact) mass is 499 g/mol. The van der Waals surface area contributed by atoms with Gasteiger partial charge in [-0.1, -0.05) is 30.0 Å². The lowest BCUT2D eigenvalue weighted by Gasteiger charge is -2.18. The van der Waals surface area contributed by atoms with E-state index in [0.717, 1.165) is 0 Å². The molecule has 0 fully saturated rings. The number of nitrogens with zero attached hydrogens (tertiary/aromatic N) is 3. The van der Waals surface area contributed by atoms with Crippen LogP contribution in [0.15, 0.2) is 77.0 Å². The van der Waals surface area contributed by atoms with Crippen molar-refractivity contribution in [3.05, 3.63) is 84.1 Å². The Labute approximate surface area is 200 Å². The second kappa shape index (κ2) is 9.55. The number of carbonyl (C=O) groups excluding carboxylic acids is 1. The number of hydrogen-bond donors (Lipinski definition) is 0. The first-order chi connectivity index (χ1) is 16.3. The number of methoxy groups -OCH3 is 1. The molecule has 2 heterocycles. The number of esters is 1. The van der Waals surface area contributed by atoms with Crippen LogP contribution < -0.4 is 0 Å². The van der Waals surface area contributed by atoms with Gasteiger partial charge in [0, 0.05) is 28.9 Å². The molecule has 0 aliphatic carbocycles. The summed E-state index contributed by atoms with van der Waals surface area (Å²) in [7, 11) is -2.75. The third kappa shape index (κ3) is 4.30. The van der Waals surface area contributed by atoms with Gasteiger partial charge >= 0.3 is 5.97 Å². The Balaban J connectivity index is 2.05. The summed E-state index contributed by atoms with van der Waals surface area (Å²) < 4.78 is 48.8. The van der Waals surface area contributed by atoms with E-state index in [-0.39, 0.29) is 10.6 Å². The molecule has 2 aromatic carbocycles. The van der Waals surface area contributed by atoms with Gasteiger partial charge in [0.05, 0.1) is 17.7 Å². The zero-order valence-corrected chi connectivity index (χ0v) is 20.3. The van der Waals surface area contributed by atoms with Crippen LogP contribution in [0.1, 0.15) is 29.5 Å². The van der Waals surface area contributed by atoms with Crippen LogP contribution in [0.4, 0.5) is 4.39 Å². The van der Waals surface area contributed by atoms with Crippen molar-refractivity contribution >= 4 is 38.5 Å². The molecule has 2 aromatic heterocycles. The van der Waals surface area contributed by atoms with Crippen LogP contribution in [0.3, 0.4) is 0 Å². The van der Waals surface area contributed by atoms with E-state index in [1.165, 1.54) is 61.5 Å². The van der Waals surface area contributed by atoms with Gasteiger partial charge in [0.15, 0.2) is 15.0 Å². The zero-order chi connectivity index (χ0) is 24.5. The topological polar surface area (TPSA) is 91.2 Å². The minimum Gasteiger partial charge on any atom is -0.467 e. The summed E-state index contributed by atoms with van der Waals surface area (Å²) in [6.07, 6.45) is 4.86. The molecule has 7 nitrogen and oxygen atoms in total. The fourth-order valence-electron chi connectivity index (χ4n) is 3.90. The smallest absolute Gasteiger partial charge is 0.328 e. The van der Waals surface area contributed by atoms with E-state index in [1.54, 1.807) is 42.1 Å². The van der Waals surface area contributed by atoms with Gasteiger partial charge < -0.3 is 9.30 Å². The average Bonchev–Trinajstić information content (AvgIpc) is 3.21. The number of rotatable bonds is 7. The van der Waals surface area contributed by atoms with Crippen molar-refractivity contribution in [1.82, 2.24) is 14.5 Å². The summed E-state index contributed by atoms with van der Waals surface area (Å²) in [5.41, 5.74) is 1.05. The summed E-state index contributed by atoms with van der Waals surface area (Å²) in [6, 6.07) is 12.9. The fourth-order valence-corrected chi connectivity index (χ4v) is 6.04. The standard InChI is InChI=1S/C24H22FN3O4S2/c1-15(23(29)32-2)28-14-19(18-13-16(25)9-10-21(18)28)22(20-11-12-26-24(27-20)33-3)34(30,31)17-7-5-4-6-8-17/h4-15,22H,1-3H3. The summed E-state index contributed by atoms with van der Waals surface area (Å²) in [5, 5.41) is -0.493. The maximum absolute atomic E-state index is 14.4. The highest BCUT2D eigenvalue weighted by Crippen LogP contribution is 2.40. The predicted molar refractivity (Wildman–Crippen MR) is 128 cm³/mol. The van der Waals surface area contributed by atoms with Gasteiger partial charge in [0.1, 0.15) is 17.1 Å². The Hall–Kier alpha value is -3.24. The Morgan fingerprint density at radius 1 is 1.15 bits per heavy atom. The lowest BCUT2D eigenvalue weighted by atomic mass is 10.1. The first-order valence-electron chi connectivity index (χ1n) is 10.3. The van der Waals surface area contributed by atoms with Crippen molar-refractivity contribution in [2.45, 2.75) is 28.3 Å². The van der Waals surface area contributed by atoms with E-state index in [9.17, 15) is 17.6 Å². The second-order valence-electron chi connectivity index (χ2n) is 7.56. The van der Waals surface area contributed by atoms with Gasteiger partial charge in [-0.2, -0.15) is 0 Å². The maximum atomic E-state index is 14.4. The lowest BCUT2D eigenvalue weighted by Crippen LogP contribution is -2.18. The summed E-state index contributed by atoms with van der Waals surface area (Å²) >= 11 is 1.28. The molecule has 2 unspecified atom stereocenters. The van der Waals surface area contributed by atoms with Gasteiger partial charge in [0.25, 0.3) is 0 Å². The van der Waals surface area contributed by atoms with Crippen molar-refractivity contribution in [1.29, 1.82) is 0 Å². The number of hydrogen-bond acceptors (Lipinski definition) is 7. The van der Waals surface area contributed by atoms with E-state index in [4.69, 9.17) is 4.74 Å². The quantitative estimate of drug-likeness (QED) is 0.209. The van der Waals surface area contributed by atoms with Crippen LogP contribution in [0, 0.1) is 5.82 Å². The van der Waals surface area contributed by atoms with Crippen LogP contribution in [-0.4, -0.2) is 42.3 Å². The molecule has 0 saturated carbocycles. The van der Waals surface area contributed by atoms with Gasteiger partial charge in [-0.05, 0) is 49.6 Å². The maximum Gasteiger partial charge on any atom is 0.328 e. The number of aromatic nitrogens is 3. The first-order valence-corrected chi connectivity index (χ1v) is 13.1. The molecule has 0 saturated heterocycles. The molecule has 10 heteroatoms. The van der Waals surface area contributed by atoms with Gasteiger partial charge in [-0.3, -0.25) is 0 Å². The van der Waals surface area contributed by atoms with Crippen LogP contribution in [-0.2, 0) is 19.4 Å². The normalized spacial score (nSPS) is 13.5. The molecule has 176 valence electrons. The van der Waals surface area contributed by atoms with Crippen LogP contribution in [0.2, 0.25) is 0 Å². The highest BCUT2D eigenvalue weighted by atomic mass is 32.2. The van der Waals surface area contributed by atoms with Crippen molar-refractivity contribution in [2.24, 2.45) is 0 Å². The minimum atomic E-state index is -4.03. The van der Waals surface area contributed by atoms with Gasteiger partial charge in [0.2, 0.25) is 0 Å². The highest BCUT2D eigenvalue weighted by Gasteiger charge is 2.35. The largest absolute Gasteiger partial charge is 0.467 e. The SMILES string of the molecule is COC(=O)C(C)n1cc(C(c2ccnc(SC)n2)S(=O)(=O)c2ccccc2)c2cc(F)ccc21. The molecule has 2 atom stereocenters. The fraction of sp³-hybridized carbons (Fsp3) is 0.208. The van der Waals surface area contributed by atoms with E-state index in [2.05, 4.69) is 9.97 Å². The molecular formula is C24H22FN3O4S2.